The molecular formula is C17H21FINO. The Labute approximate surface area is 139 Å². The standard InChI is InChI=1S/C17H21FINO/c18-12-9-10-15(16(19)11-12)17(21)20(13-5-1-2-6-13)14-7-3-4-8-14/h9-11,13-14H,1-8H2. The van der Waals surface area contributed by atoms with E-state index in [0.717, 1.165) is 29.3 Å². The Morgan fingerprint density at radius 3 is 2.05 bits per heavy atom. The Kier molecular flexibility index (Phi) is 4.82. The highest BCUT2D eigenvalue weighted by molar-refractivity contribution is 14.1. The first-order valence-corrected chi connectivity index (χ1v) is 9.02. The van der Waals surface area contributed by atoms with Crippen LogP contribution >= 0.6 is 22.6 Å². The first-order chi connectivity index (χ1) is 10.2. The lowest BCUT2D eigenvalue weighted by molar-refractivity contribution is 0.0579. The molecule has 1 aromatic carbocycles. The van der Waals surface area contributed by atoms with Gasteiger partial charge >= 0.3 is 0 Å². The summed E-state index contributed by atoms with van der Waals surface area (Å²) >= 11 is 2.07. The number of carbonyl (C=O) groups is 1. The van der Waals surface area contributed by atoms with Gasteiger partial charge in [-0.05, 0) is 66.5 Å². The van der Waals surface area contributed by atoms with Crippen molar-refractivity contribution < 1.29 is 9.18 Å². The van der Waals surface area contributed by atoms with E-state index in [1.54, 1.807) is 6.07 Å². The molecule has 2 aliphatic carbocycles. The van der Waals surface area contributed by atoms with Crippen molar-refractivity contribution in [2.24, 2.45) is 0 Å². The maximum absolute atomic E-state index is 13.3. The van der Waals surface area contributed by atoms with Crippen molar-refractivity contribution in [1.29, 1.82) is 0 Å². The van der Waals surface area contributed by atoms with Crippen LogP contribution in [-0.2, 0) is 0 Å². The summed E-state index contributed by atoms with van der Waals surface area (Å²) in [6.45, 7) is 0. The van der Waals surface area contributed by atoms with E-state index in [4.69, 9.17) is 0 Å². The molecule has 0 heterocycles. The van der Waals surface area contributed by atoms with Gasteiger partial charge in [-0.3, -0.25) is 4.79 Å². The highest BCUT2D eigenvalue weighted by Crippen LogP contribution is 2.33. The fourth-order valence-corrected chi connectivity index (χ4v) is 4.50. The molecule has 0 aromatic heterocycles. The summed E-state index contributed by atoms with van der Waals surface area (Å²) in [7, 11) is 0. The van der Waals surface area contributed by atoms with Crippen LogP contribution in [0.15, 0.2) is 18.2 Å². The third-order valence-corrected chi connectivity index (χ3v) is 5.72. The molecule has 2 aliphatic rings. The van der Waals surface area contributed by atoms with Gasteiger partial charge in [-0.15, -0.1) is 0 Å². The lowest BCUT2D eigenvalue weighted by atomic mass is 10.1. The van der Waals surface area contributed by atoms with E-state index in [0.29, 0.717) is 17.6 Å². The number of hydrogen-bond acceptors (Lipinski definition) is 1. The van der Waals surface area contributed by atoms with Gasteiger partial charge in [0.25, 0.3) is 5.91 Å². The minimum Gasteiger partial charge on any atom is -0.333 e. The number of carbonyl (C=O) groups excluding carboxylic acids is 1. The monoisotopic (exact) mass is 401 g/mol. The highest BCUT2D eigenvalue weighted by Gasteiger charge is 2.35. The van der Waals surface area contributed by atoms with Gasteiger partial charge in [-0.2, -0.15) is 0 Å². The topological polar surface area (TPSA) is 20.3 Å². The molecule has 114 valence electrons. The van der Waals surface area contributed by atoms with Crippen LogP contribution in [0, 0.1) is 9.39 Å². The van der Waals surface area contributed by atoms with Gasteiger partial charge in [0.2, 0.25) is 0 Å². The van der Waals surface area contributed by atoms with Gasteiger partial charge in [0, 0.05) is 15.7 Å². The van der Waals surface area contributed by atoms with Crippen molar-refractivity contribution in [1.82, 2.24) is 4.90 Å². The van der Waals surface area contributed by atoms with Gasteiger partial charge in [0.15, 0.2) is 0 Å². The minimum atomic E-state index is -0.274. The molecule has 4 heteroatoms. The summed E-state index contributed by atoms with van der Waals surface area (Å²) in [5.74, 6) is -0.164. The maximum atomic E-state index is 13.3. The first-order valence-electron chi connectivity index (χ1n) is 7.94. The molecule has 1 amide bonds. The van der Waals surface area contributed by atoms with E-state index < -0.39 is 0 Å². The largest absolute Gasteiger partial charge is 0.333 e. The summed E-state index contributed by atoms with van der Waals surface area (Å²) in [4.78, 5) is 15.2. The lowest BCUT2D eigenvalue weighted by Crippen LogP contribution is -2.45. The highest BCUT2D eigenvalue weighted by atomic mass is 127. The van der Waals surface area contributed by atoms with Crippen LogP contribution in [-0.4, -0.2) is 22.9 Å². The molecule has 0 radical (unpaired) electrons. The van der Waals surface area contributed by atoms with E-state index in [1.165, 1.54) is 37.8 Å². The van der Waals surface area contributed by atoms with Gasteiger partial charge in [-0.1, -0.05) is 25.7 Å². The number of amides is 1. The van der Waals surface area contributed by atoms with Crippen molar-refractivity contribution in [2.45, 2.75) is 63.5 Å². The van der Waals surface area contributed by atoms with E-state index >= 15 is 0 Å². The van der Waals surface area contributed by atoms with Crippen LogP contribution in [0.5, 0.6) is 0 Å². The second kappa shape index (κ2) is 6.63. The van der Waals surface area contributed by atoms with E-state index in [-0.39, 0.29) is 11.7 Å². The zero-order valence-corrected chi connectivity index (χ0v) is 14.3. The van der Waals surface area contributed by atoms with Crippen molar-refractivity contribution in [3.8, 4) is 0 Å². The Morgan fingerprint density at radius 1 is 1.05 bits per heavy atom. The molecule has 0 bridgehead atoms. The third-order valence-electron chi connectivity index (χ3n) is 4.83. The molecule has 2 fully saturated rings. The molecule has 2 nitrogen and oxygen atoms in total. The summed E-state index contributed by atoms with van der Waals surface area (Å²) in [6, 6.07) is 5.28. The van der Waals surface area contributed by atoms with Crippen LogP contribution in [0.4, 0.5) is 4.39 Å². The average Bonchev–Trinajstić information content (AvgIpc) is 3.12. The Hall–Kier alpha value is -0.650. The number of hydrogen-bond donors (Lipinski definition) is 0. The van der Waals surface area contributed by atoms with E-state index in [1.807, 2.05) is 0 Å². The summed E-state index contributed by atoms with van der Waals surface area (Å²) in [5, 5.41) is 0. The minimum absolute atomic E-state index is 0.109. The van der Waals surface area contributed by atoms with Crippen molar-refractivity contribution >= 4 is 28.5 Å². The molecule has 3 rings (SSSR count). The van der Waals surface area contributed by atoms with Crippen LogP contribution < -0.4 is 0 Å². The molecule has 21 heavy (non-hydrogen) atoms. The zero-order chi connectivity index (χ0) is 14.8. The Bertz CT molecular complexity index is 506. The molecule has 0 aliphatic heterocycles. The molecule has 0 saturated heterocycles. The molecule has 2 saturated carbocycles. The summed E-state index contributed by atoms with van der Waals surface area (Å²) in [5.41, 5.74) is 0.663. The van der Waals surface area contributed by atoms with Crippen molar-refractivity contribution in [3.63, 3.8) is 0 Å². The van der Waals surface area contributed by atoms with Crippen LogP contribution in [0.25, 0.3) is 0 Å². The average molecular weight is 401 g/mol. The van der Waals surface area contributed by atoms with Crippen molar-refractivity contribution in [2.75, 3.05) is 0 Å². The Balaban J connectivity index is 1.89. The maximum Gasteiger partial charge on any atom is 0.255 e. The predicted octanol–water partition coefficient (Wildman–Crippen LogP) is 4.76. The van der Waals surface area contributed by atoms with Crippen LogP contribution in [0.3, 0.4) is 0 Å². The van der Waals surface area contributed by atoms with Crippen LogP contribution in [0.2, 0.25) is 0 Å². The van der Waals surface area contributed by atoms with Gasteiger partial charge in [-0.25, -0.2) is 4.39 Å². The van der Waals surface area contributed by atoms with Gasteiger partial charge in [0.05, 0.1) is 5.56 Å². The van der Waals surface area contributed by atoms with Gasteiger partial charge in [0.1, 0.15) is 5.82 Å². The lowest BCUT2D eigenvalue weighted by Gasteiger charge is -2.35. The van der Waals surface area contributed by atoms with E-state index in [9.17, 15) is 9.18 Å². The quantitative estimate of drug-likeness (QED) is 0.669. The molecule has 0 unspecified atom stereocenters. The smallest absolute Gasteiger partial charge is 0.255 e. The normalized spacial score (nSPS) is 20.1. The summed E-state index contributed by atoms with van der Waals surface area (Å²) < 4.78 is 14.0. The summed E-state index contributed by atoms with van der Waals surface area (Å²) in [6.07, 6.45) is 9.40. The number of nitrogens with zero attached hydrogens (tertiary/aromatic N) is 1. The van der Waals surface area contributed by atoms with Crippen molar-refractivity contribution in [3.05, 3.63) is 33.1 Å². The molecular weight excluding hydrogens is 380 g/mol. The van der Waals surface area contributed by atoms with E-state index in [2.05, 4.69) is 27.5 Å². The fraction of sp³-hybridized carbons (Fsp3) is 0.588. The fourth-order valence-electron chi connectivity index (χ4n) is 3.80. The molecule has 0 atom stereocenters. The second-order valence-corrected chi connectivity index (χ2v) is 7.38. The molecule has 1 aromatic rings. The number of halogens is 2. The number of benzene rings is 1. The molecule has 0 spiro atoms. The van der Waals surface area contributed by atoms with Gasteiger partial charge < -0.3 is 4.90 Å². The SMILES string of the molecule is O=C(c1ccc(F)cc1I)N(C1CCCC1)C1CCCC1. The second-order valence-electron chi connectivity index (χ2n) is 6.21. The van der Waals surface area contributed by atoms with Crippen LogP contribution in [0.1, 0.15) is 61.7 Å². The number of rotatable bonds is 3. The predicted molar refractivity (Wildman–Crippen MR) is 89.8 cm³/mol. The third kappa shape index (κ3) is 3.25. The Morgan fingerprint density at radius 2 is 1.57 bits per heavy atom. The first kappa shape index (κ1) is 15.3. The molecule has 0 N–H and O–H groups in total. The zero-order valence-electron chi connectivity index (χ0n) is 12.2.